The minimum Gasteiger partial charge on any atom is -0.477 e. The molecule has 0 bridgehead atoms. The zero-order valence-electron chi connectivity index (χ0n) is 18.6. The number of fused-ring (bicyclic) bond motifs is 1. The van der Waals surface area contributed by atoms with Gasteiger partial charge in [-0.3, -0.25) is 9.78 Å². The van der Waals surface area contributed by atoms with Crippen molar-refractivity contribution in [3.05, 3.63) is 82.3 Å². The van der Waals surface area contributed by atoms with E-state index in [9.17, 15) is 4.79 Å². The molecule has 6 heteroatoms. The molecule has 162 valence electrons. The summed E-state index contributed by atoms with van der Waals surface area (Å²) in [5.74, 6) is 2.06. The Bertz CT molecular complexity index is 1360. The molecule has 1 saturated carbocycles. The lowest BCUT2D eigenvalue weighted by Crippen LogP contribution is -2.21. The van der Waals surface area contributed by atoms with Crippen LogP contribution < -0.4 is 10.3 Å². The lowest BCUT2D eigenvalue weighted by Gasteiger charge is -2.15. The smallest absolute Gasteiger partial charge is 0.250 e. The molecule has 1 aliphatic rings. The first kappa shape index (κ1) is 20.4. The van der Waals surface area contributed by atoms with Gasteiger partial charge in [0.15, 0.2) is 0 Å². The van der Waals surface area contributed by atoms with Gasteiger partial charge in [-0.05, 0) is 45.4 Å². The van der Waals surface area contributed by atoms with Crippen molar-refractivity contribution in [1.29, 1.82) is 0 Å². The van der Waals surface area contributed by atoms with Crippen LogP contribution in [0.4, 0.5) is 0 Å². The first-order valence-electron chi connectivity index (χ1n) is 11.1. The van der Waals surface area contributed by atoms with Crippen molar-refractivity contribution < 1.29 is 4.74 Å². The van der Waals surface area contributed by atoms with Crippen molar-refractivity contribution in [1.82, 2.24) is 19.5 Å². The van der Waals surface area contributed by atoms with E-state index in [2.05, 4.69) is 34.2 Å². The van der Waals surface area contributed by atoms with Gasteiger partial charge in [0.25, 0.3) is 5.56 Å². The minimum atomic E-state index is -0.00652. The molecule has 1 fully saturated rings. The molecule has 1 aromatic carbocycles. The fraction of sp³-hybridized carbons (Fsp3) is 0.308. The Labute approximate surface area is 187 Å². The normalized spacial score (nSPS) is 17.5. The van der Waals surface area contributed by atoms with Gasteiger partial charge in [0.1, 0.15) is 5.82 Å². The van der Waals surface area contributed by atoms with E-state index in [4.69, 9.17) is 9.72 Å². The van der Waals surface area contributed by atoms with Crippen molar-refractivity contribution in [3.8, 4) is 17.0 Å². The summed E-state index contributed by atoms with van der Waals surface area (Å²) in [4.78, 5) is 26.0. The maximum Gasteiger partial charge on any atom is 0.250 e. The lowest BCUT2D eigenvalue weighted by atomic mass is 10.1. The summed E-state index contributed by atoms with van der Waals surface area (Å²) in [5, 5.41) is 1.16. The number of aryl methyl sites for hydroxylation is 1. The van der Waals surface area contributed by atoms with Crippen LogP contribution >= 0.6 is 0 Å². The molecule has 0 saturated heterocycles. The van der Waals surface area contributed by atoms with Crippen LogP contribution in [-0.4, -0.2) is 26.1 Å². The summed E-state index contributed by atoms with van der Waals surface area (Å²) >= 11 is 0. The monoisotopic (exact) mass is 426 g/mol. The highest BCUT2D eigenvalue weighted by Crippen LogP contribution is 2.47. The van der Waals surface area contributed by atoms with Crippen molar-refractivity contribution in [2.75, 3.05) is 6.61 Å². The van der Waals surface area contributed by atoms with E-state index in [-0.39, 0.29) is 5.56 Å². The molecule has 3 heterocycles. The first-order chi connectivity index (χ1) is 15.5. The Balaban J connectivity index is 1.37. The maximum atomic E-state index is 12.2. The summed E-state index contributed by atoms with van der Waals surface area (Å²) in [6.45, 7) is 6.97. The van der Waals surface area contributed by atoms with Crippen LogP contribution in [0.3, 0.4) is 0 Å². The van der Waals surface area contributed by atoms with Gasteiger partial charge in [-0.25, -0.2) is 4.98 Å². The largest absolute Gasteiger partial charge is 0.477 e. The van der Waals surface area contributed by atoms with Crippen molar-refractivity contribution >= 4 is 10.9 Å². The molecule has 32 heavy (non-hydrogen) atoms. The SMILES string of the molecule is CCn1c(C)c(-c2cnc(C)nc2OC[C@H]2CC2c2ccc3ccccc3n2)ccc1=O. The Hall–Kier alpha value is -3.54. The molecular formula is C26H26N4O2. The molecule has 3 aromatic heterocycles. The Morgan fingerprint density at radius 3 is 2.72 bits per heavy atom. The fourth-order valence-corrected chi connectivity index (χ4v) is 4.37. The molecule has 2 atom stereocenters. The standard InChI is InChI=1S/C26H26N4O2/c1-4-30-16(2)20(10-12-25(30)31)22-14-27-17(3)28-26(22)32-15-19-13-21(19)24-11-9-18-7-5-6-8-23(18)29-24/h5-12,14,19,21H,4,13,15H2,1-3H3/t19-,21?/m1/s1. The van der Waals surface area contributed by atoms with E-state index >= 15 is 0 Å². The fourth-order valence-electron chi connectivity index (χ4n) is 4.37. The molecule has 0 aliphatic heterocycles. The summed E-state index contributed by atoms with van der Waals surface area (Å²) < 4.78 is 7.98. The average molecular weight is 427 g/mol. The first-order valence-corrected chi connectivity index (χ1v) is 11.1. The molecule has 0 spiro atoms. The van der Waals surface area contributed by atoms with E-state index in [1.165, 1.54) is 0 Å². The van der Waals surface area contributed by atoms with Gasteiger partial charge in [-0.2, -0.15) is 4.98 Å². The maximum absolute atomic E-state index is 12.2. The second kappa shape index (κ2) is 8.19. The number of aromatic nitrogens is 4. The van der Waals surface area contributed by atoms with Crippen molar-refractivity contribution in [2.24, 2.45) is 5.92 Å². The molecule has 1 unspecified atom stereocenters. The average Bonchev–Trinajstić information content (AvgIpc) is 3.58. The van der Waals surface area contributed by atoms with Crippen LogP contribution in [0.5, 0.6) is 5.88 Å². The van der Waals surface area contributed by atoms with Crippen LogP contribution in [-0.2, 0) is 6.54 Å². The quantitative estimate of drug-likeness (QED) is 0.448. The Kier molecular flexibility index (Phi) is 5.21. The summed E-state index contributed by atoms with van der Waals surface area (Å²) in [5.41, 5.74) is 4.78. The third kappa shape index (κ3) is 3.77. The highest BCUT2D eigenvalue weighted by molar-refractivity contribution is 5.78. The van der Waals surface area contributed by atoms with Gasteiger partial charge in [0.05, 0.1) is 17.7 Å². The van der Waals surface area contributed by atoms with Gasteiger partial charge in [-0.15, -0.1) is 0 Å². The van der Waals surface area contributed by atoms with Crippen molar-refractivity contribution in [3.63, 3.8) is 0 Å². The van der Waals surface area contributed by atoms with E-state index in [0.717, 1.165) is 39.8 Å². The van der Waals surface area contributed by atoms with E-state index < -0.39 is 0 Å². The number of hydrogen-bond acceptors (Lipinski definition) is 5. The highest BCUT2D eigenvalue weighted by Gasteiger charge is 2.40. The molecule has 5 rings (SSSR count). The second-order valence-corrected chi connectivity index (χ2v) is 8.39. The summed E-state index contributed by atoms with van der Waals surface area (Å²) in [6.07, 6.45) is 2.85. The number of para-hydroxylation sites is 1. The number of rotatable bonds is 6. The molecule has 4 aromatic rings. The number of hydrogen-bond donors (Lipinski definition) is 0. The summed E-state index contributed by atoms with van der Waals surface area (Å²) in [6, 6.07) is 15.9. The summed E-state index contributed by atoms with van der Waals surface area (Å²) in [7, 11) is 0. The molecular weight excluding hydrogens is 400 g/mol. The lowest BCUT2D eigenvalue weighted by molar-refractivity contribution is 0.285. The second-order valence-electron chi connectivity index (χ2n) is 8.39. The van der Waals surface area contributed by atoms with Gasteiger partial charge in [0, 0.05) is 53.0 Å². The zero-order chi connectivity index (χ0) is 22.2. The molecule has 0 amide bonds. The molecule has 1 aliphatic carbocycles. The van der Waals surface area contributed by atoms with Gasteiger partial charge in [-0.1, -0.05) is 24.3 Å². The van der Waals surface area contributed by atoms with Gasteiger partial charge >= 0.3 is 0 Å². The molecule has 6 nitrogen and oxygen atoms in total. The van der Waals surface area contributed by atoms with Crippen LogP contribution in [0, 0.1) is 19.8 Å². The van der Waals surface area contributed by atoms with E-state index in [0.29, 0.717) is 36.7 Å². The molecule has 0 N–H and O–H groups in total. The predicted octanol–water partition coefficient (Wildman–Crippen LogP) is 4.67. The zero-order valence-corrected chi connectivity index (χ0v) is 18.6. The van der Waals surface area contributed by atoms with Crippen LogP contribution in [0.2, 0.25) is 0 Å². The third-order valence-corrected chi connectivity index (χ3v) is 6.29. The van der Waals surface area contributed by atoms with Crippen LogP contribution in [0.25, 0.3) is 22.0 Å². The van der Waals surface area contributed by atoms with E-state index in [1.807, 2.05) is 39.0 Å². The third-order valence-electron chi connectivity index (χ3n) is 6.29. The highest BCUT2D eigenvalue weighted by atomic mass is 16.5. The Morgan fingerprint density at radius 2 is 1.88 bits per heavy atom. The minimum absolute atomic E-state index is 0.00652. The number of nitrogens with zero attached hydrogens (tertiary/aromatic N) is 4. The number of ether oxygens (including phenoxy) is 1. The topological polar surface area (TPSA) is 69.9 Å². The van der Waals surface area contributed by atoms with Crippen LogP contribution in [0.1, 0.15) is 36.5 Å². The molecule has 0 radical (unpaired) electrons. The van der Waals surface area contributed by atoms with Gasteiger partial charge in [0.2, 0.25) is 5.88 Å². The van der Waals surface area contributed by atoms with Gasteiger partial charge < -0.3 is 9.30 Å². The number of benzene rings is 1. The predicted molar refractivity (Wildman–Crippen MR) is 125 cm³/mol. The van der Waals surface area contributed by atoms with Crippen molar-refractivity contribution in [2.45, 2.75) is 39.7 Å². The van der Waals surface area contributed by atoms with E-state index in [1.54, 1.807) is 16.8 Å². The van der Waals surface area contributed by atoms with Crippen LogP contribution in [0.15, 0.2) is 59.5 Å². The Morgan fingerprint density at radius 1 is 1.03 bits per heavy atom. The number of pyridine rings is 2.